The molecule has 2 saturated carbocycles. The van der Waals surface area contributed by atoms with Gasteiger partial charge in [0.1, 0.15) is 11.7 Å². The molecule has 4 nitrogen and oxygen atoms in total. The van der Waals surface area contributed by atoms with Gasteiger partial charge in [-0.2, -0.15) is 0 Å². The Labute approximate surface area is 145 Å². The van der Waals surface area contributed by atoms with Crippen LogP contribution in [0.5, 0.6) is 0 Å². The molecule has 0 bridgehead atoms. The zero-order chi connectivity index (χ0) is 16.8. The molecule has 0 spiro atoms. The standard InChI is InChI=1S/C20H30N4/c21-19(23-17-7-3-1-4-8-17)15-11-13-16(14-12-15)20(22)24-18-9-5-2-6-10-18/h11-14,17-18H,1-10H2,(H2,21,23)(H2,22,24). The summed E-state index contributed by atoms with van der Waals surface area (Å²) in [5, 5.41) is 23.3. The van der Waals surface area contributed by atoms with Gasteiger partial charge >= 0.3 is 0 Å². The van der Waals surface area contributed by atoms with Crippen LogP contribution in [0.4, 0.5) is 0 Å². The molecule has 0 heterocycles. The van der Waals surface area contributed by atoms with Crippen molar-refractivity contribution in [3.05, 3.63) is 35.4 Å². The van der Waals surface area contributed by atoms with Gasteiger partial charge in [0.05, 0.1) is 0 Å². The smallest absolute Gasteiger partial charge is 0.125 e. The lowest BCUT2D eigenvalue weighted by Crippen LogP contribution is -2.37. The summed E-state index contributed by atoms with van der Waals surface area (Å²) in [6.45, 7) is 0. The van der Waals surface area contributed by atoms with Crippen molar-refractivity contribution < 1.29 is 0 Å². The van der Waals surface area contributed by atoms with Crippen LogP contribution in [0.25, 0.3) is 0 Å². The number of amidine groups is 2. The van der Waals surface area contributed by atoms with Crippen LogP contribution >= 0.6 is 0 Å². The molecule has 4 heteroatoms. The van der Waals surface area contributed by atoms with Crippen LogP contribution in [0.1, 0.15) is 75.3 Å². The molecule has 2 fully saturated rings. The Bertz CT molecular complexity index is 501. The van der Waals surface area contributed by atoms with Gasteiger partial charge in [0.15, 0.2) is 0 Å². The van der Waals surface area contributed by atoms with Crippen molar-refractivity contribution in [2.75, 3.05) is 0 Å². The number of benzene rings is 1. The predicted molar refractivity (Wildman–Crippen MR) is 100 cm³/mol. The highest BCUT2D eigenvalue weighted by Gasteiger charge is 2.16. The van der Waals surface area contributed by atoms with E-state index in [0.717, 1.165) is 11.1 Å². The minimum Gasteiger partial charge on any atom is -0.367 e. The number of hydrogen-bond acceptors (Lipinski definition) is 2. The maximum absolute atomic E-state index is 8.27. The maximum Gasteiger partial charge on any atom is 0.125 e. The van der Waals surface area contributed by atoms with Crippen molar-refractivity contribution in [1.29, 1.82) is 10.8 Å². The summed E-state index contributed by atoms with van der Waals surface area (Å²) in [6, 6.07) is 8.76. The second-order valence-corrected chi connectivity index (χ2v) is 7.29. The number of hydrogen-bond donors (Lipinski definition) is 4. The third kappa shape index (κ3) is 4.59. The molecule has 3 rings (SSSR count). The highest BCUT2D eigenvalue weighted by atomic mass is 15.0. The highest BCUT2D eigenvalue weighted by Crippen LogP contribution is 2.19. The van der Waals surface area contributed by atoms with Gasteiger partial charge in [-0.05, 0) is 25.7 Å². The maximum atomic E-state index is 8.27. The first-order valence-corrected chi connectivity index (χ1v) is 9.53. The van der Waals surface area contributed by atoms with Gasteiger partial charge in [0.2, 0.25) is 0 Å². The summed E-state index contributed by atoms with van der Waals surface area (Å²) in [6.07, 6.45) is 12.5. The van der Waals surface area contributed by atoms with E-state index in [1.165, 1.54) is 64.2 Å². The Balaban J connectivity index is 1.53. The summed E-state index contributed by atoms with van der Waals surface area (Å²) >= 11 is 0. The van der Waals surface area contributed by atoms with E-state index in [1.54, 1.807) is 0 Å². The van der Waals surface area contributed by atoms with E-state index < -0.39 is 0 Å². The van der Waals surface area contributed by atoms with Gasteiger partial charge in [0.25, 0.3) is 0 Å². The first kappa shape index (κ1) is 17.0. The molecule has 0 aliphatic heterocycles. The third-order valence-corrected chi connectivity index (χ3v) is 5.37. The summed E-state index contributed by atoms with van der Waals surface area (Å²) in [5.74, 6) is 1.03. The van der Waals surface area contributed by atoms with E-state index in [1.807, 2.05) is 24.3 Å². The summed E-state index contributed by atoms with van der Waals surface area (Å²) in [7, 11) is 0. The Morgan fingerprint density at radius 3 is 1.29 bits per heavy atom. The Kier molecular flexibility index (Phi) is 5.89. The molecule has 2 aliphatic rings. The Hall–Kier alpha value is -1.84. The van der Waals surface area contributed by atoms with Gasteiger partial charge in [-0.3, -0.25) is 10.8 Å². The zero-order valence-electron chi connectivity index (χ0n) is 14.5. The lowest BCUT2D eigenvalue weighted by Gasteiger charge is -2.25. The second-order valence-electron chi connectivity index (χ2n) is 7.29. The number of rotatable bonds is 4. The highest BCUT2D eigenvalue weighted by molar-refractivity contribution is 6.00. The molecule has 0 unspecified atom stereocenters. The van der Waals surface area contributed by atoms with Crippen LogP contribution in [0.2, 0.25) is 0 Å². The van der Waals surface area contributed by atoms with E-state index >= 15 is 0 Å². The molecule has 2 aliphatic carbocycles. The van der Waals surface area contributed by atoms with Crippen LogP contribution in [-0.2, 0) is 0 Å². The molecular formula is C20H30N4. The normalized spacial score (nSPS) is 19.7. The van der Waals surface area contributed by atoms with Crippen LogP contribution in [-0.4, -0.2) is 23.8 Å². The lowest BCUT2D eigenvalue weighted by atomic mass is 9.95. The third-order valence-electron chi connectivity index (χ3n) is 5.37. The van der Waals surface area contributed by atoms with Crippen molar-refractivity contribution in [3.8, 4) is 0 Å². The fourth-order valence-electron chi connectivity index (χ4n) is 3.87. The average Bonchev–Trinajstić information content (AvgIpc) is 2.63. The van der Waals surface area contributed by atoms with E-state index in [-0.39, 0.29) is 0 Å². The van der Waals surface area contributed by atoms with Gasteiger partial charge in [-0.15, -0.1) is 0 Å². The molecule has 1 aromatic carbocycles. The molecular weight excluding hydrogens is 296 g/mol. The summed E-state index contributed by atoms with van der Waals surface area (Å²) < 4.78 is 0. The van der Waals surface area contributed by atoms with Crippen LogP contribution in [0, 0.1) is 10.8 Å². The molecule has 130 valence electrons. The van der Waals surface area contributed by atoms with E-state index in [0.29, 0.717) is 23.8 Å². The lowest BCUT2D eigenvalue weighted by molar-refractivity contribution is 0.413. The van der Waals surface area contributed by atoms with Crippen molar-refractivity contribution in [3.63, 3.8) is 0 Å². The molecule has 0 radical (unpaired) electrons. The fourth-order valence-corrected chi connectivity index (χ4v) is 3.87. The first-order valence-electron chi connectivity index (χ1n) is 9.53. The molecule has 0 amide bonds. The van der Waals surface area contributed by atoms with E-state index in [2.05, 4.69) is 10.6 Å². The molecule has 0 atom stereocenters. The Morgan fingerprint density at radius 2 is 0.958 bits per heavy atom. The van der Waals surface area contributed by atoms with Crippen LogP contribution in [0.3, 0.4) is 0 Å². The van der Waals surface area contributed by atoms with E-state index in [4.69, 9.17) is 10.8 Å². The van der Waals surface area contributed by atoms with Crippen molar-refractivity contribution in [1.82, 2.24) is 10.6 Å². The SMILES string of the molecule is N=C(NC1CCCCC1)c1ccc(C(=N)NC2CCCCC2)cc1. The second kappa shape index (κ2) is 8.32. The average molecular weight is 326 g/mol. The minimum absolute atomic E-state index is 0.456. The molecule has 0 saturated heterocycles. The molecule has 1 aromatic rings. The van der Waals surface area contributed by atoms with Gasteiger partial charge < -0.3 is 10.6 Å². The zero-order valence-corrected chi connectivity index (χ0v) is 14.5. The molecule has 4 N–H and O–H groups in total. The summed E-state index contributed by atoms with van der Waals surface area (Å²) in [4.78, 5) is 0. The Morgan fingerprint density at radius 1 is 0.625 bits per heavy atom. The van der Waals surface area contributed by atoms with Crippen LogP contribution < -0.4 is 10.6 Å². The van der Waals surface area contributed by atoms with Crippen molar-refractivity contribution >= 4 is 11.7 Å². The van der Waals surface area contributed by atoms with E-state index in [9.17, 15) is 0 Å². The monoisotopic (exact) mass is 326 g/mol. The van der Waals surface area contributed by atoms with Crippen molar-refractivity contribution in [2.24, 2.45) is 0 Å². The van der Waals surface area contributed by atoms with Crippen LogP contribution in [0.15, 0.2) is 24.3 Å². The largest absolute Gasteiger partial charge is 0.367 e. The molecule has 24 heavy (non-hydrogen) atoms. The number of nitrogens with one attached hydrogen (secondary N) is 4. The summed E-state index contributed by atoms with van der Waals surface area (Å²) in [5.41, 5.74) is 1.82. The predicted octanol–water partition coefficient (Wildman–Crippen LogP) is 4.18. The molecule has 0 aromatic heterocycles. The minimum atomic E-state index is 0.456. The van der Waals surface area contributed by atoms with Gasteiger partial charge in [-0.1, -0.05) is 62.8 Å². The fraction of sp³-hybridized carbons (Fsp3) is 0.600. The van der Waals surface area contributed by atoms with Crippen molar-refractivity contribution in [2.45, 2.75) is 76.3 Å². The quantitative estimate of drug-likeness (QED) is 0.495. The van der Waals surface area contributed by atoms with Gasteiger partial charge in [-0.25, -0.2) is 0 Å². The first-order chi connectivity index (χ1) is 11.7. The van der Waals surface area contributed by atoms with Gasteiger partial charge in [0, 0.05) is 23.2 Å². The topological polar surface area (TPSA) is 71.8 Å².